The highest BCUT2D eigenvalue weighted by Crippen LogP contribution is 2.39. The van der Waals surface area contributed by atoms with Crippen LogP contribution in [0.1, 0.15) is 20.3 Å². The Morgan fingerprint density at radius 3 is 2.17 bits per heavy atom. The smallest absolute Gasteiger partial charge is 0.264 e. The van der Waals surface area contributed by atoms with E-state index in [4.69, 9.17) is 4.79 Å². The summed E-state index contributed by atoms with van der Waals surface area (Å²) >= 11 is 0. The van der Waals surface area contributed by atoms with Crippen LogP contribution in [-0.2, 0) is 19.6 Å². The summed E-state index contributed by atoms with van der Waals surface area (Å²) in [6.07, 6.45) is 2.99. The van der Waals surface area contributed by atoms with E-state index in [0.29, 0.717) is 12.8 Å². The lowest BCUT2D eigenvalue weighted by atomic mass is 10.3. The first-order valence-electron chi connectivity index (χ1n) is 7.31. The third-order valence-electron chi connectivity index (χ3n) is 2.89. The quantitative estimate of drug-likeness (QED) is 0.630. The molecule has 7 heteroatoms. The molecule has 23 heavy (non-hydrogen) atoms. The first kappa shape index (κ1) is 20.9. The van der Waals surface area contributed by atoms with Crippen molar-refractivity contribution in [2.45, 2.75) is 25.2 Å². The number of carbonyl (C=O) groups is 2. The summed E-state index contributed by atoms with van der Waals surface area (Å²) in [5, 5.41) is 2.25. The van der Waals surface area contributed by atoms with Crippen LogP contribution in [-0.4, -0.2) is 27.8 Å². The fourth-order valence-electron chi connectivity index (χ4n) is 1.64. The summed E-state index contributed by atoms with van der Waals surface area (Å²) in [5.74, 6) is -0.578. The summed E-state index contributed by atoms with van der Waals surface area (Å²) < 4.78 is 25.7. The predicted molar refractivity (Wildman–Crippen MR) is 90.0 cm³/mol. The first-order chi connectivity index (χ1) is 11.0. The van der Waals surface area contributed by atoms with Crippen LogP contribution in [0.3, 0.4) is 0 Å². The fourth-order valence-corrected chi connectivity index (χ4v) is 2.69. The van der Waals surface area contributed by atoms with Gasteiger partial charge in [0.15, 0.2) is 0 Å². The van der Waals surface area contributed by atoms with Gasteiger partial charge < -0.3 is 5.32 Å². The van der Waals surface area contributed by atoms with E-state index < -0.39 is 15.9 Å². The first-order valence-corrected chi connectivity index (χ1v) is 8.79. The number of carbonyl (C=O) groups excluding carboxylic acids is 2. The largest absolute Gasteiger partial charge is 0.362 e. The number of sulfonamides is 1. The number of hydrogen-bond acceptors (Lipinski definition) is 4. The van der Waals surface area contributed by atoms with Gasteiger partial charge in [0.2, 0.25) is 12.3 Å². The molecule has 1 aromatic rings. The molecule has 6 nitrogen and oxygen atoms in total. The molecule has 2 atom stereocenters. The van der Waals surface area contributed by atoms with E-state index in [-0.39, 0.29) is 16.7 Å². The van der Waals surface area contributed by atoms with Gasteiger partial charge in [0.05, 0.1) is 4.90 Å². The molecule has 128 valence electrons. The van der Waals surface area contributed by atoms with Gasteiger partial charge in [0.25, 0.3) is 10.0 Å². The molecule has 0 radical (unpaired) electrons. The molecule has 0 aromatic heterocycles. The molecular weight excluding hydrogens is 316 g/mol. The van der Waals surface area contributed by atoms with E-state index in [2.05, 4.69) is 16.6 Å². The Morgan fingerprint density at radius 1 is 1.26 bits per heavy atom. The molecule has 0 aliphatic heterocycles. The van der Waals surface area contributed by atoms with Crippen LogP contribution in [0.4, 0.5) is 0 Å². The van der Waals surface area contributed by atoms with Crippen LogP contribution in [0.15, 0.2) is 47.9 Å². The summed E-state index contributed by atoms with van der Waals surface area (Å²) in [7, 11) is -2.17. The molecule has 0 saturated heterocycles. The highest BCUT2D eigenvalue weighted by atomic mass is 32.2. The molecule has 1 saturated carbocycles. The minimum Gasteiger partial charge on any atom is -0.362 e. The molecule has 2 rings (SSSR count). The maximum atomic E-state index is 11.8. The van der Waals surface area contributed by atoms with Gasteiger partial charge in [-0.1, -0.05) is 38.1 Å². The van der Waals surface area contributed by atoms with Gasteiger partial charge in [-0.3, -0.25) is 9.59 Å². The maximum absolute atomic E-state index is 11.8. The minimum atomic E-state index is -3.73. The van der Waals surface area contributed by atoms with Crippen LogP contribution >= 0.6 is 0 Å². The van der Waals surface area contributed by atoms with Crippen molar-refractivity contribution in [2.24, 2.45) is 11.8 Å². The number of amides is 2. The molecule has 1 aliphatic carbocycles. The molecule has 0 heterocycles. The molecule has 0 bridgehead atoms. The topological polar surface area (TPSA) is 92.3 Å². The van der Waals surface area contributed by atoms with Crippen molar-refractivity contribution in [2.75, 3.05) is 7.05 Å². The van der Waals surface area contributed by atoms with Crippen molar-refractivity contribution in [3.63, 3.8) is 0 Å². The van der Waals surface area contributed by atoms with Crippen molar-refractivity contribution in [1.29, 1.82) is 0 Å². The van der Waals surface area contributed by atoms with Crippen molar-refractivity contribution in [1.82, 2.24) is 10.0 Å². The van der Waals surface area contributed by atoms with Crippen LogP contribution in [0.2, 0.25) is 0 Å². The second-order valence-electron chi connectivity index (χ2n) is 4.43. The third kappa shape index (κ3) is 7.10. The Morgan fingerprint density at radius 2 is 1.78 bits per heavy atom. The van der Waals surface area contributed by atoms with Gasteiger partial charge in [-0.25, -0.2) is 13.1 Å². The van der Waals surface area contributed by atoms with E-state index in [1.54, 1.807) is 31.3 Å². The standard InChI is InChI=1S/C12H13NO3S.C2H5NO.C2H6/c1-2-9-8-11(9)12(14)13-17(15,16)10-6-4-3-5-7-10;1-3-2-4;1-2/h2-7,9,11H,1,8H2,(H,13,14);2H,1H3,(H,3,4);1-2H3. The van der Waals surface area contributed by atoms with Crippen molar-refractivity contribution in [3.05, 3.63) is 43.0 Å². The summed E-state index contributed by atoms with van der Waals surface area (Å²) in [4.78, 5) is 20.8. The highest BCUT2D eigenvalue weighted by molar-refractivity contribution is 7.90. The van der Waals surface area contributed by atoms with Gasteiger partial charge in [0, 0.05) is 13.0 Å². The van der Waals surface area contributed by atoms with Gasteiger partial charge in [-0.05, 0) is 24.5 Å². The van der Waals surface area contributed by atoms with E-state index in [9.17, 15) is 13.2 Å². The average molecular weight is 340 g/mol. The Kier molecular flexibility index (Phi) is 9.57. The lowest BCUT2D eigenvalue weighted by Crippen LogP contribution is -2.32. The zero-order chi connectivity index (χ0) is 17.9. The average Bonchev–Trinajstić information content (AvgIpc) is 3.37. The van der Waals surface area contributed by atoms with Crippen LogP contribution in [0, 0.1) is 11.8 Å². The Balaban J connectivity index is 0.000000705. The van der Waals surface area contributed by atoms with Gasteiger partial charge in [-0.15, -0.1) is 6.58 Å². The molecule has 1 aromatic carbocycles. The normalized spacial score (nSPS) is 18.0. The second kappa shape index (κ2) is 10.6. The Labute approximate surface area is 138 Å². The number of benzene rings is 1. The molecule has 0 spiro atoms. The summed E-state index contributed by atoms with van der Waals surface area (Å²) in [6, 6.07) is 7.85. The molecule has 2 unspecified atom stereocenters. The number of nitrogens with one attached hydrogen (secondary N) is 2. The monoisotopic (exact) mass is 340 g/mol. The highest BCUT2D eigenvalue weighted by Gasteiger charge is 2.42. The minimum absolute atomic E-state index is 0.101. The van der Waals surface area contributed by atoms with Crippen molar-refractivity contribution >= 4 is 22.3 Å². The Hall–Kier alpha value is -2.15. The van der Waals surface area contributed by atoms with Crippen LogP contribution < -0.4 is 10.0 Å². The van der Waals surface area contributed by atoms with Crippen molar-refractivity contribution < 1.29 is 18.0 Å². The maximum Gasteiger partial charge on any atom is 0.264 e. The van der Waals surface area contributed by atoms with Crippen LogP contribution in [0.25, 0.3) is 0 Å². The second-order valence-corrected chi connectivity index (χ2v) is 6.11. The molecule has 2 amide bonds. The van der Waals surface area contributed by atoms with Crippen molar-refractivity contribution in [3.8, 4) is 0 Å². The van der Waals surface area contributed by atoms with E-state index in [0.717, 1.165) is 0 Å². The van der Waals surface area contributed by atoms with Gasteiger partial charge in [0.1, 0.15) is 0 Å². The van der Waals surface area contributed by atoms with Crippen LogP contribution in [0.5, 0.6) is 0 Å². The lowest BCUT2D eigenvalue weighted by molar-refractivity contribution is -0.120. The summed E-state index contributed by atoms with van der Waals surface area (Å²) in [5.41, 5.74) is 0. The predicted octanol–water partition coefficient (Wildman–Crippen LogP) is 1.70. The third-order valence-corrected chi connectivity index (χ3v) is 4.25. The molecule has 1 fully saturated rings. The van der Waals surface area contributed by atoms with Gasteiger partial charge >= 0.3 is 0 Å². The van der Waals surface area contributed by atoms with Gasteiger partial charge in [-0.2, -0.15) is 0 Å². The van der Waals surface area contributed by atoms with E-state index in [1.165, 1.54) is 12.1 Å². The molecule has 1 aliphatic rings. The SMILES string of the molecule is C=CC1CC1C(=O)NS(=O)(=O)c1ccccc1.CC.CNC=O. The zero-order valence-electron chi connectivity index (χ0n) is 13.7. The number of hydrogen-bond donors (Lipinski definition) is 2. The number of allylic oxidation sites excluding steroid dienone is 1. The van der Waals surface area contributed by atoms with E-state index in [1.807, 2.05) is 13.8 Å². The van der Waals surface area contributed by atoms with E-state index >= 15 is 0 Å². The Bertz CT molecular complexity index is 600. The zero-order valence-corrected chi connectivity index (χ0v) is 14.5. The summed E-state index contributed by atoms with van der Waals surface area (Å²) in [6.45, 7) is 7.58. The molecule has 2 N–H and O–H groups in total. The fraction of sp³-hybridized carbons (Fsp3) is 0.375. The lowest BCUT2D eigenvalue weighted by Gasteiger charge is -2.05. The number of rotatable bonds is 5. The molecular formula is C16H24N2O4S.